The van der Waals surface area contributed by atoms with E-state index in [2.05, 4.69) is 5.32 Å². The number of fused-ring (bicyclic) bond motifs is 2. The molecule has 0 radical (unpaired) electrons. The number of aliphatic hydroxyl groups is 1. The molecule has 25 heavy (non-hydrogen) atoms. The Morgan fingerprint density at radius 3 is 2.64 bits per heavy atom. The lowest BCUT2D eigenvalue weighted by Crippen LogP contribution is -2.48. The highest BCUT2D eigenvalue weighted by Gasteiger charge is 2.50. The highest BCUT2D eigenvalue weighted by Crippen LogP contribution is 2.45. The molecule has 7 heteroatoms. The molecule has 0 bridgehead atoms. The molecule has 1 saturated heterocycles. The highest BCUT2D eigenvalue weighted by molar-refractivity contribution is 6.28. The fraction of sp³-hybridized carbons (Fsp3) is 0.389. The second kappa shape index (κ2) is 6.40. The van der Waals surface area contributed by atoms with Gasteiger partial charge in [-0.3, -0.25) is 14.4 Å². The number of aliphatic hydroxyl groups excluding tert-OH is 1. The molecule has 2 aliphatic rings. The third-order valence-electron chi connectivity index (χ3n) is 4.72. The Morgan fingerprint density at radius 2 is 2.00 bits per heavy atom. The van der Waals surface area contributed by atoms with E-state index in [4.69, 9.17) is 4.74 Å². The summed E-state index contributed by atoms with van der Waals surface area (Å²) in [4.78, 5) is 36.6. The van der Waals surface area contributed by atoms with Crippen LogP contribution in [0.15, 0.2) is 23.8 Å². The van der Waals surface area contributed by atoms with Gasteiger partial charge < -0.3 is 15.2 Å². The van der Waals surface area contributed by atoms with Crippen molar-refractivity contribution in [1.29, 1.82) is 0 Å². The largest absolute Gasteiger partial charge is 0.506 e. The Kier molecular flexibility index (Phi) is 4.43. The zero-order chi connectivity index (χ0) is 18.2. The van der Waals surface area contributed by atoms with E-state index in [9.17, 15) is 23.9 Å². The maximum atomic E-state index is 13.8. The van der Waals surface area contributed by atoms with Gasteiger partial charge in [-0.2, -0.15) is 0 Å². The van der Waals surface area contributed by atoms with Gasteiger partial charge in [0.2, 0.25) is 0 Å². The Hall–Kier alpha value is -2.54. The molecule has 0 unspecified atom stereocenters. The summed E-state index contributed by atoms with van der Waals surface area (Å²) in [5.74, 6) is -2.65. The third-order valence-corrected chi connectivity index (χ3v) is 4.72. The molecule has 0 atom stereocenters. The summed E-state index contributed by atoms with van der Waals surface area (Å²) in [6.45, 7) is 1.65. The molecule has 3 rings (SSSR count). The summed E-state index contributed by atoms with van der Waals surface area (Å²) < 4.78 is 19.1. The standard InChI is InChI=1S/C18H18FNO5/c1-10(21)9-20-17(24)14-15(22)12-3-2-11(19)8-13(12)18(16(14)23)4-6-25-7-5-18/h2-3,8,22H,4-7,9H2,1H3,(H,20,24). The van der Waals surface area contributed by atoms with Gasteiger partial charge in [-0.15, -0.1) is 0 Å². The van der Waals surface area contributed by atoms with E-state index >= 15 is 0 Å². The Bertz CT molecular complexity index is 793. The maximum Gasteiger partial charge on any atom is 0.259 e. The van der Waals surface area contributed by atoms with E-state index in [-0.39, 0.29) is 23.5 Å². The lowest BCUT2D eigenvalue weighted by atomic mass is 9.64. The predicted octanol–water partition coefficient (Wildman–Crippen LogP) is 1.43. The number of hydrogen-bond acceptors (Lipinski definition) is 5. The van der Waals surface area contributed by atoms with Gasteiger partial charge in [-0.05, 0) is 43.5 Å². The van der Waals surface area contributed by atoms with E-state index < -0.39 is 28.7 Å². The number of halogens is 1. The third kappa shape index (κ3) is 2.84. The number of hydrogen-bond donors (Lipinski definition) is 2. The van der Waals surface area contributed by atoms with Gasteiger partial charge in [-0.25, -0.2) is 4.39 Å². The van der Waals surface area contributed by atoms with Gasteiger partial charge in [0.1, 0.15) is 22.9 Å². The lowest BCUT2D eigenvalue weighted by molar-refractivity contribution is -0.129. The molecular formula is C18H18FNO5. The molecular weight excluding hydrogens is 329 g/mol. The summed E-state index contributed by atoms with van der Waals surface area (Å²) in [6, 6.07) is 3.77. The van der Waals surface area contributed by atoms with Gasteiger partial charge in [-0.1, -0.05) is 0 Å². The summed E-state index contributed by atoms with van der Waals surface area (Å²) in [7, 11) is 0. The van der Waals surface area contributed by atoms with Crippen molar-refractivity contribution >= 4 is 23.2 Å². The van der Waals surface area contributed by atoms with Crippen molar-refractivity contribution in [2.75, 3.05) is 19.8 Å². The molecule has 2 N–H and O–H groups in total. The quantitative estimate of drug-likeness (QED) is 0.807. The van der Waals surface area contributed by atoms with Crippen LogP contribution in [0, 0.1) is 5.82 Å². The second-order valence-corrected chi connectivity index (χ2v) is 6.32. The Morgan fingerprint density at radius 1 is 1.32 bits per heavy atom. The van der Waals surface area contributed by atoms with Crippen LogP contribution >= 0.6 is 0 Å². The minimum Gasteiger partial charge on any atom is -0.506 e. The SMILES string of the molecule is CC(=O)CNC(=O)C1=C(O)c2ccc(F)cc2C2(CCOCC2)C1=O. The summed E-state index contributed by atoms with van der Waals surface area (Å²) in [5, 5.41) is 12.8. The molecule has 1 fully saturated rings. The smallest absolute Gasteiger partial charge is 0.259 e. The second-order valence-electron chi connectivity index (χ2n) is 6.32. The monoisotopic (exact) mass is 347 g/mol. The van der Waals surface area contributed by atoms with Gasteiger partial charge in [0.05, 0.1) is 12.0 Å². The molecule has 1 heterocycles. The first-order valence-corrected chi connectivity index (χ1v) is 8.00. The van der Waals surface area contributed by atoms with Crippen molar-refractivity contribution in [2.45, 2.75) is 25.2 Å². The molecule has 1 amide bonds. The average molecular weight is 347 g/mol. The van der Waals surface area contributed by atoms with E-state index in [1.54, 1.807) is 0 Å². The summed E-state index contributed by atoms with van der Waals surface area (Å²) in [6.07, 6.45) is 0.581. The van der Waals surface area contributed by atoms with Crippen molar-refractivity contribution in [3.8, 4) is 0 Å². The van der Waals surface area contributed by atoms with Crippen LogP contribution in [0.2, 0.25) is 0 Å². The predicted molar refractivity (Wildman–Crippen MR) is 86.4 cm³/mol. The topological polar surface area (TPSA) is 92.7 Å². The van der Waals surface area contributed by atoms with E-state index in [0.29, 0.717) is 31.6 Å². The van der Waals surface area contributed by atoms with Crippen LogP contribution in [-0.4, -0.2) is 42.3 Å². The Balaban J connectivity index is 2.14. The van der Waals surface area contributed by atoms with Crippen molar-refractivity contribution < 1.29 is 28.6 Å². The molecule has 132 valence electrons. The van der Waals surface area contributed by atoms with Gasteiger partial charge in [0, 0.05) is 18.8 Å². The first kappa shape index (κ1) is 17.3. The van der Waals surface area contributed by atoms with Crippen LogP contribution in [0.3, 0.4) is 0 Å². The van der Waals surface area contributed by atoms with E-state index in [0.717, 1.165) is 0 Å². The molecule has 1 aromatic carbocycles. The number of Topliss-reactive ketones (excluding diaryl/α,β-unsaturated/α-hetero) is 2. The fourth-order valence-electron chi connectivity index (χ4n) is 3.44. The van der Waals surface area contributed by atoms with Crippen LogP contribution in [-0.2, 0) is 24.5 Å². The molecule has 1 aromatic rings. The number of benzene rings is 1. The van der Waals surface area contributed by atoms with Gasteiger partial charge in [0.25, 0.3) is 5.91 Å². The van der Waals surface area contributed by atoms with Crippen LogP contribution in [0.1, 0.15) is 30.9 Å². The zero-order valence-electron chi connectivity index (χ0n) is 13.7. The van der Waals surface area contributed by atoms with Crippen molar-refractivity contribution in [1.82, 2.24) is 5.32 Å². The van der Waals surface area contributed by atoms with Crippen molar-refractivity contribution in [3.63, 3.8) is 0 Å². The molecule has 1 aliphatic heterocycles. The van der Waals surface area contributed by atoms with Crippen molar-refractivity contribution in [3.05, 3.63) is 40.7 Å². The fourth-order valence-corrected chi connectivity index (χ4v) is 3.44. The zero-order valence-corrected chi connectivity index (χ0v) is 13.7. The molecule has 0 saturated carbocycles. The van der Waals surface area contributed by atoms with Crippen LogP contribution in [0.25, 0.3) is 5.76 Å². The minimum atomic E-state index is -1.11. The van der Waals surface area contributed by atoms with Crippen LogP contribution in [0.4, 0.5) is 4.39 Å². The van der Waals surface area contributed by atoms with Crippen LogP contribution in [0.5, 0.6) is 0 Å². The normalized spacial score (nSPS) is 18.9. The number of ketones is 2. The van der Waals surface area contributed by atoms with Gasteiger partial charge in [0.15, 0.2) is 5.78 Å². The number of nitrogens with one attached hydrogen (secondary N) is 1. The number of rotatable bonds is 3. The van der Waals surface area contributed by atoms with Crippen LogP contribution < -0.4 is 5.32 Å². The minimum absolute atomic E-state index is 0.241. The van der Waals surface area contributed by atoms with E-state index in [1.165, 1.54) is 25.1 Å². The lowest BCUT2D eigenvalue weighted by Gasteiger charge is -2.40. The first-order valence-electron chi connectivity index (χ1n) is 8.00. The van der Waals surface area contributed by atoms with Crippen molar-refractivity contribution in [2.24, 2.45) is 0 Å². The van der Waals surface area contributed by atoms with Gasteiger partial charge >= 0.3 is 0 Å². The molecule has 1 spiro atoms. The summed E-state index contributed by atoms with van der Waals surface area (Å²) in [5.41, 5.74) is -0.857. The number of carbonyl (C=O) groups is 3. The molecule has 6 nitrogen and oxygen atoms in total. The summed E-state index contributed by atoms with van der Waals surface area (Å²) >= 11 is 0. The molecule has 1 aliphatic carbocycles. The number of carbonyl (C=O) groups excluding carboxylic acids is 3. The Labute approximate surface area is 143 Å². The highest BCUT2D eigenvalue weighted by atomic mass is 19.1. The average Bonchev–Trinajstić information content (AvgIpc) is 2.59. The number of ether oxygens (including phenoxy) is 1. The maximum absolute atomic E-state index is 13.8. The first-order chi connectivity index (χ1) is 11.9. The number of amides is 1. The molecule has 0 aromatic heterocycles. The van der Waals surface area contributed by atoms with E-state index in [1.807, 2.05) is 0 Å².